The summed E-state index contributed by atoms with van der Waals surface area (Å²) < 4.78 is 14.3. The molecule has 0 radical (unpaired) electrons. The summed E-state index contributed by atoms with van der Waals surface area (Å²) in [5.41, 5.74) is 2.62. The molecule has 4 aromatic rings. The molecule has 0 aliphatic carbocycles. The van der Waals surface area contributed by atoms with E-state index in [0.717, 1.165) is 16.5 Å². The lowest BCUT2D eigenvalue weighted by molar-refractivity contribution is 0.631. The van der Waals surface area contributed by atoms with Gasteiger partial charge < -0.3 is 5.32 Å². The fourth-order valence-corrected chi connectivity index (χ4v) is 3.14. The molecule has 6 heteroatoms. The van der Waals surface area contributed by atoms with Gasteiger partial charge in [0.05, 0.1) is 10.5 Å². The summed E-state index contributed by atoms with van der Waals surface area (Å²) in [6.45, 7) is 0. The standard InChI is InChI=1S/C20H14ClFN4/c1-23-20-14-10-12(18-15(21)5-2-6-16(18)22)7-8-17(14)25-19(26-20)13-4-3-9-24-11-13/h2-11H,1H3,(H,23,25,26). The first kappa shape index (κ1) is 16.4. The smallest absolute Gasteiger partial charge is 0.163 e. The molecule has 0 bridgehead atoms. The van der Waals surface area contributed by atoms with Gasteiger partial charge in [-0.1, -0.05) is 23.7 Å². The van der Waals surface area contributed by atoms with Crippen molar-refractivity contribution in [1.29, 1.82) is 0 Å². The maximum atomic E-state index is 14.3. The second kappa shape index (κ2) is 6.69. The molecule has 0 aliphatic rings. The van der Waals surface area contributed by atoms with E-state index in [0.29, 0.717) is 27.8 Å². The van der Waals surface area contributed by atoms with Crippen molar-refractivity contribution in [3.63, 3.8) is 0 Å². The van der Waals surface area contributed by atoms with Crippen LogP contribution in [0.25, 0.3) is 33.4 Å². The Morgan fingerprint density at radius 2 is 1.88 bits per heavy atom. The van der Waals surface area contributed by atoms with Crippen molar-refractivity contribution >= 4 is 28.3 Å². The molecular weight excluding hydrogens is 351 g/mol. The molecule has 0 saturated carbocycles. The van der Waals surface area contributed by atoms with Crippen LogP contribution in [0.4, 0.5) is 10.2 Å². The molecule has 0 unspecified atom stereocenters. The Morgan fingerprint density at radius 3 is 2.62 bits per heavy atom. The minimum atomic E-state index is -0.365. The van der Waals surface area contributed by atoms with E-state index < -0.39 is 0 Å². The molecule has 0 saturated heterocycles. The van der Waals surface area contributed by atoms with Crippen molar-refractivity contribution in [3.8, 4) is 22.5 Å². The highest BCUT2D eigenvalue weighted by Gasteiger charge is 2.13. The first-order valence-electron chi connectivity index (χ1n) is 8.01. The van der Waals surface area contributed by atoms with Crippen molar-refractivity contribution in [2.75, 3.05) is 12.4 Å². The molecule has 0 spiro atoms. The average Bonchev–Trinajstić information content (AvgIpc) is 2.67. The summed E-state index contributed by atoms with van der Waals surface area (Å²) in [5.74, 6) is 0.866. The zero-order valence-corrected chi connectivity index (χ0v) is 14.6. The van der Waals surface area contributed by atoms with E-state index in [1.165, 1.54) is 6.07 Å². The number of aromatic nitrogens is 3. The lowest BCUT2D eigenvalue weighted by Crippen LogP contribution is -1.99. The van der Waals surface area contributed by atoms with Crippen LogP contribution in [0.1, 0.15) is 0 Å². The topological polar surface area (TPSA) is 50.7 Å². The van der Waals surface area contributed by atoms with Gasteiger partial charge in [-0.2, -0.15) is 0 Å². The minimum Gasteiger partial charge on any atom is -0.373 e. The Kier molecular flexibility index (Phi) is 4.22. The average molecular weight is 365 g/mol. The Labute approximate surface area is 154 Å². The van der Waals surface area contributed by atoms with E-state index in [1.54, 1.807) is 31.6 Å². The van der Waals surface area contributed by atoms with E-state index in [9.17, 15) is 4.39 Å². The van der Waals surface area contributed by atoms with Crippen LogP contribution in [0.2, 0.25) is 5.02 Å². The summed E-state index contributed by atoms with van der Waals surface area (Å²) in [7, 11) is 1.79. The lowest BCUT2D eigenvalue weighted by Gasteiger charge is -2.11. The van der Waals surface area contributed by atoms with Crippen LogP contribution in [-0.4, -0.2) is 22.0 Å². The third kappa shape index (κ3) is 2.86. The number of rotatable bonds is 3. The van der Waals surface area contributed by atoms with Gasteiger partial charge in [-0.25, -0.2) is 14.4 Å². The van der Waals surface area contributed by atoms with E-state index in [-0.39, 0.29) is 5.82 Å². The van der Waals surface area contributed by atoms with Gasteiger partial charge in [0, 0.05) is 36.0 Å². The molecule has 2 aromatic carbocycles. The Bertz CT molecular complexity index is 1080. The summed E-state index contributed by atoms with van der Waals surface area (Å²) >= 11 is 6.20. The molecule has 4 rings (SSSR count). The zero-order valence-electron chi connectivity index (χ0n) is 13.9. The molecule has 1 N–H and O–H groups in total. The number of anilines is 1. The number of hydrogen-bond donors (Lipinski definition) is 1. The molecule has 0 fully saturated rings. The van der Waals surface area contributed by atoms with Crippen molar-refractivity contribution in [3.05, 3.63) is 71.8 Å². The largest absolute Gasteiger partial charge is 0.373 e. The highest BCUT2D eigenvalue weighted by atomic mass is 35.5. The van der Waals surface area contributed by atoms with Crippen LogP contribution < -0.4 is 5.32 Å². The molecule has 0 atom stereocenters. The first-order chi connectivity index (χ1) is 12.7. The van der Waals surface area contributed by atoms with E-state index >= 15 is 0 Å². The zero-order chi connectivity index (χ0) is 18.1. The molecule has 26 heavy (non-hydrogen) atoms. The van der Waals surface area contributed by atoms with Crippen LogP contribution >= 0.6 is 11.6 Å². The monoisotopic (exact) mass is 364 g/mol. The van der Waals surface area contributed by atoms with Crippen LogP contribution in [0.5, 0.6) is 0 Å². The molecule has 0 aliphatic heterocycles. The Morgan fingerprint density at radius 1 is 1.00 bits per heavy atom. The Balaban J connectivity index is 1.92. The van der Waals surface area contributed by atoms with Gasteiger partial charge in [-0.3, -0.25) is 4.98 Å². The molecule has 2 aromatic heterocycles. The molecule has 4 nitrogen and oxygen atoms in total. The molecular formula is C20H14ClFN4. The fraction of sp³-hybridized carbons (Fsp3) is 0.0500. The van der Waals surface area contributed by atoms with Gasteiger partial charge in [0.25, 0.3) is 0 Å². The quantitative estimate of drug-likeness (QED) is 0.543. The van der Waals surface area contributed by atoms with Crippen LogP contribution in [0, 0.1) is 5.82 Å². The van der Waals surface area contributed by atoms with Crippen LogP contribution in [0.15, 0.2) is 60.9 Å². The number of fused-ring (bicyclic) bond motifs is 1. The van der Waals surface area contributed by atoms with Gasteiger partial charge in [0.15, 0.2) is 5.82 Å². The van der Waals surface area contributed by atoms with Crippen LogP contribution in [0.3, 0.4) is 0 Å². The summed E-state index contributed by atoms with van der Waals surface area (Å²) in [4.78, 5) is 13.3. The third-order valence-corrected chi connectivity index (χ3v) is 4.42. The number of nitrogens with one attached hydrogen (secondary N) is 1. The van der Waals surface area contributed by atoms with Gasteiger partial charge in [-0.05, 0) is 42.0 Å². The van der Waals surface area contributed by atoms with Gasteiger partial charge in [-0.15, -0.1) is 0 Å². The summed E-state index contributed by atoms with van der Waals surface area (Å²) in [5, 5.41) is 4.24. The normalized spacial score (nSPS) is 10.9. The maximum Gasteiger partial charge on any atom is 0.163 e. The van der Waals surface area contributed by atoms with E-state index in [1.807, 2.05) is 30.3 Å². The number of nitrogens with zero attached hydrogens (tertiary/aromatic N) is 3. The summed E-state index contributed by atoms with van der Waals surface area (Å²) in [6, 6.07) is 13.9. The maximum absolute atomic E-state index is 14.3. The molecule has 0 amide bonds. The third-order valence-electron chi connectivity index (χ3n) is 4.10. The van der Waals surface area contributed by atoms with Crippen LogP contribution in [-0.2, 0) is 0 Å². The number of pyridine rings is 1. The predicted octanol–water partition coefficient (Wildman–Crippen LogP) is 5.19. The molecule has 2 heterocycles. The van der Waals surface area contributed by atoms with Gasteiger partial charge in [0.1, 0.15) is 11.6 Å². The van der Waals surface area contributed by atoms with Crippen molar-refractivity contribution < 1.29 is 4.39 Å². The second-order valence-corrected chi connectivity index (χ2v) is 6.12. The SMILES string of the molecule is CNc1nc(-c2cccnc2)nc2ccc(-c3c(F)cccc3Cl)cc12. The highest BCUT2D eigenvalue weighted by molar-refractivity contribution is 6.33. The van der Waals surface area contributed by atoms with E-state index in [2.05, 4.69) is 20.3 Å². The predicted molar refractivity (Wildman–Crippen MR) is 103 cm³/mol. The number of hydrogen-bond acceptors (Lipinski definition) is 4. The van der Waals surface area contributed by atoms with Gasteiger partial charge in [0.2, 0.25) is 0 Å². The second-order valence-electron chi connectivity index (χ2n) is 5.72. The summed E-state index contributed by atoms with van der Waals surface area (Å²) in [6.07, 6.45) is 3.42. The number of benzene rings is 2. The van der Waals surface area contributed by atoms with Crippen molar-refractivity contribution in [2.24, 2.45) is 0 Å². The number of halogens is 2. The molecule has 128 valence electrons. The minimum absolute atomic E-state index is 0.364. The van der Waals surface area contributed by atoms with Crippen molar-refractivity contribution in [1.82, 2.24) is 15.0 Å². The first-order valence-corrected chi connectivity index (χ1v) is 8.39. The van der Waals surface area contributed by atoms with E-state index in [4.69, 9.17) is 11.6 Å². The highest BCUT2D eigenvalue weighted by Crippen LogP contribution is 2.34. The lowest BCUT2D eigenvalue weighted by atomic mass is 10.0. The van der Waals surface area contributed by atoms with Crippen molar-refractivity contribution in [2.45, 2.75) is 0 Å². The van der Waals surface area contributed by atoms with Gasteiger partial charge >= 0.3 is 0 Å². The Hall–Kier alpha value is -3.05. The fourth-order valence-electron chi connectivity index (χ4n) is 2.87.